The molecule has 0 spiro atoms. The van der Waals surface area contributed by atoms with Gasteiger partial charge in [0, 0.05) is 38.2 Å². The molecular formula is C13H24N2O3. The topological polar surface area (TPSA) is 58.6 Å². The zero-order valence-corrected chi connectivity index (χ0v) is 11.6. The molecule has 0 atom stereocenters. The lowest BCUT2D eigenvalue weighted by molar-refractivity contribution is -0.138. The minimum atomic E-state index is -0.389. The Balaban J connectivity index is 3.76. The molecule has 0 aliphatic rings. The van der Waals surface area contributed by atoms with E-state index in [0.717, 1.165) is 13.1 Å². The SMILES string of the molecule is C=C(CNCCC(=O)N(CC)CC)C(=O)OCC. The van der Waals surface area contributed by atoms with Gasteiger partial charge >= 0.3 is 5.97 Å². The van der Waals surface area contributed by atoms with Gasteiger partial charge in [0.15, 0.2) is 0 Å². The molecule has 0 unspecified atom stereocenters. The van der Waals surface area contributed by atoms with Crippen LogP contribution in [0.5, 0.6) is 0 Å². The summed E-state index contributed by atoms with van der Waals surface area (Å²) in [7, 11) is 0. The first-order chi connectivity index (χ1) is 8.56. The van der Waals surface area contributed by atoms with Crippen molar-refractivity contribution in [2.45, 2.75) is 27.2 Å². The Morgan fingerprint density at radius 1 is 1.22 bits per heavy atom. The number of hydrogen-bond acceptors (Lipinski definition) is 4. The molecule has 0 fully saturated rings. The van der Waals surface area contributed by atoms with E-state index in [4.69, 9.17) is 4.74 Å². The van der Waals surface area contributed by atoms with Crippen molar-refractivity contribution < 1.29 is 14.3 Å². The molecule has 0 heterocycles. The van der Waals surface area contributed by atoms with Gasteiger partial charge < -0.3 is 15.0 Å². The third-order valence-electron chi connectivity index (χ3n) is 2.53. The molecule has 0 aliphatic heterocycles. The predicted octanol–water partition coefficient (Wildman–Crippen LogP) is 0.954. The molecule has 0 saturated carbocycles. The molecule has 104 valence electrons. The average Bonchev–Trinajstić information content (AvgIpc) is 2.36. The number of hydrogen-bond donors (Lipinski definition) is 1. The highest BCUT2D eigenvalue weighted by atomic mass is 16.5. The normalized spacial score (nSPS) is 9.94. The zero-order chi connectivity index (χ0) is 14.0. The zero-order valence-electron chi connectivity index (χ0n) is 11.6. The molecule has 0 aliphatic carbocycles. The largest absolute Gasteiger partial charge is 0.463 e. The van der Waals surface area contributed by atoms with Crippen LogP contribution in [0.4, 0.5) is 0 Å². The van der Waals surface area contributed by atoms with Gasteiger partial charge in [-0.05, 0) is 20.8 Å². The number of nitrogens with one attached hydrogen (secondary N) is 1. The Kier molecular flexibility index (Phi) is 8.92. The second-order valence-corrected chi connectivity index (χ2v) is 3.82. The number of nitrogens with zero attached hydrogens (tertiary/aromatic N) is 1. The van der Waals surface area contributed by atoms with Crippen LogP contribution >= 0.6 is 0 Å². The van der Waals surface area contributed by atoms with Crippen molar-refractivity contribution in [1.29, 1.82) is 0 Å². The number of esters is 1. The summed E-state index contributed by atoms with van der Waals surface area (Å²) in [6.07, 6.45) is 0.428. The molecule has 0 saturated heterocycles. The Bertz CT molecular complexity index is 286. The quantitative estimate of drug-likeness (QED) is 0.379. The van der Waals surface area contributed by atoms with Crippen LogP contribution in [0.2, 0.25) is 0 Å². The molecule has 18 heavy (non-hydrogen) atoms. The van der Waals surface area contributed by atoms with E-state index in [9.17, 15) is 9.59 Å². The van der Waals surface area contributed by atoms with E-state index in [1.807, 2.05) is 13.8 Å². The second-order valence-electron chi connectivity index (χ2n) is 3.82. The van der Waals surface area contributed by atoms with Gasteiger partial charge in [-0.15, -0.1) is 0 Å². The molecular weight excluding hydrogens is 232 g/mol. The highest BCUT2D eigenvalue weighted by Gasteiger charge is 2.10. The molecule has 0 radical (unpaired) electrons. The first-order valence-electron chi connectivity index (χ1n) is 6.40. The van der Waals surface area contributed by atoms with Crippen molar-refractivity contribution in [2.75, 3.05) is 32.8 Å². The van der Waals surface area contributed by atoms with E-state index in [1.165, 1.54) is 0 Å². The number of ether oxygens (including phenoxy) is 1. The summed E-state index contributed by atoms with van der Waals surface area (Å²) in [4.78, 5) is 24.7. The van der Waals surface area contributed by atoms with Crippen LogP contribution in [0.25, 0.3) is 0 Å². The van der Waals surface area contributed by atoms with E-state index in [2.05, 4.69) is 11.9 Å². The minimum Gasteiger partial charge on any atom is -0.463 e. The predicted molar refractivity (Wildman–Crippen MR) is 71.2 cm³/mol. The van der Waals surface area contributed by atoms with Crippen molar-refractivity contribution in [3.63, 3.8) is 0 Å². The summed E-state index contributed by atoms with van der Waals surface area (Å²) in [5.74, 6) is -0.269. The van der Waals surface area contributed by atoms with Crippen molar-refractivity contribution >= 4 is 11.9 Å². The number of rotatable bonds is 9. The van der Waals surface area contributed by atoms with Crippen molar-refractivity contribution in [2.24, 2.45) is 0 Å². The summed E-state index contributed by atoms with van der Waals surface area (Å²) in [6.45, 7) is 12.0. The first kappa shape index (κ1) is 16.6. The van der Waals surface area contributed by atoms with Crippen molar-refractivity contribution in [3.05, 3.63) is 12.2 Å². The second kappa shape index (κ2) is 9.65. The molecule has 0 rings (SSSR count). The third-order valence-corrected chi connectivity index (χ3v) is 2.53. The molecule has 0 aromatic rings. The summed E-state index contributed by atoms with van der Waals surface area (Å²) in [5.41, 5.74) is 0.382. The van der Waals surface area contributed by atoms with Crippen LogP contribution in [-0.4, -0.2) is 49.6 Å². The first-order valence-corrected chi connectivity index (χ1v) is 6.40. The number of carbonyl (C=O) groups excluding carboxylic acids is 2. The van der Waals surface area contributed by atoms with Crippen LogP contribution in [0.1, 0.15) is 27.2 Å². The van der Waals surface area contributed by atoms with E-state index < -0.39 is 0 Å². The molecule has 1 N–H and O–H groups in total. The highest BCUT2D eigenvalue weighted by molar-refractivity contribution is 5.88. The van der Waals surface area contributed by atoms with Gasteiger partial charge in [0.1, 0.15) is 0 Å². The van der Waals surface area contributed by atoms with Crippen LogP contribution in [0.15, 0.2) is 12.2 Å². The average molecular weight is 256 g/mol. The van der Waals surface area contributed by atoms with Crippen LogP contribution in [0, 0.1) is 0 Å². The van der Waals surface area contributed by atoms with E-state index in [1.54, 1.807) is 11.8 Å². The maximum absolute atomic E-state index is 11.7. The van der Waals surface area contributed by atoms with Gasteiger partial charge in [0.2, 0.25) is 5.91 Å². The summed E-state index contributed by atoms with van der Waals surface area (Å²) in [6, 6.07) is 0. The van der Waals surface area contributed by atoms with Gasteiger partial charge in [-0.3, -0.25) is 4.79 Å². The lowest BCUT2D eigenvalue weighted by Gasteiger charge is -2.18. The summed E-state index contributed by atoms with van der Waals surface area (Å²) < 4.78 is 4.80. The number of carbonyl (C=O) groups is 2. The fourth-order valence-corrected chi connectivity index (χ4v) is 1.47. The fraction of sp³-hybridized carbons (Fsp3) is 0.692. The van der Waals surface area contributed by atoms with Gasteiger partial charge in [-0.25, -0.2) is 4.79 Å². The Hall–Kier alpha value is -1.36. The van der Waals surface area contributed by atoms with Crippen LogP contribution in [0.3, 0.4) is 0 Å². The Morgan fingerprint density at radius 3 is 2.33 bits per heavy atom. The van der Waals surface area contributed by atoms with E-state index >= 15 is 0 Å². The van der Waals surface area contributed by atoms with Crippen molar-refractivity contribution in [1.82, 2.24) is 10.2 Å². The van der Waals surface area contributed by atoms with E-state index in [-0.39, 0.29) is 11.9 Å². The molecule has 0 bridgehead atoms. The summed E-state index contributed by atoms with van der Waals surface area (Å²) >= 11 is 0. The smallest absolute Gasteiger partial charge is 0.334 e. The van der Waals surface area contributed by atoms with Crippen molar-refractivity contribution in [3.8, 4) is 0 Å². The van der Waals surface area contributed by atoms with Crippen LogP contribution < -0.4 is 5.32 Å². The summed E-state index contributed by atoms with van der Waals surface area (Å²) in [5, 5.41) is 3.01. The fourth-order valence-electron chi connectivity index (χ4n) is 1.47. The minimum absolute atomic E-state index is 0.120. The van der Waals surface area contributed by atoms with Gasteiger partial charge in [-0.1, -0.05) is 6.58 Å². The molecule has 5 nitrogen and oxygen atoms in total. The van der Waals surface area contributed by atoms with Crippen LogP contribution in [-0.2, 0) is 14.3 Å². The molecule has 1 amide bonds. The Morgan fingerprint density at radius 2 is 1.83 bits per heavy atom. The lowest BCUT2D eigenvalue weighted by atomic mass is 10.3. The van der Waals surface area contributed by atoms with Gasteiger partial charge in [0.25, 0.3) is 0 Å². The third kappa shape index (κ3) is 6.39. The van der Waals surface area contributed by atoms with Gasteiger partial charge in [-0.2, -0.15) is 0 Å². The maximum atomic E-state index is 11.7. The highest BCUT2D eigenvalue weighted by Crippen LogP contribution is 1.95. The molecule has 5 heteroatoms. The monoisotopic (exact) mass is 256 g/mol. The number of amides is 1. The van der Waals surface area contributed by atoms with Gasteiger partial charge in [0.05, 0.1) is 6.61 Å². The maximum Gasteiger partial charge on any atom is 0.334 e. The molecule has 0 aromatic carbocycles. The Labute approximate surface area is 109 Å². The molecule has 0 aromatic heterocycles. The standard InChI is InChI=1S/C13H24N2O3/c1-5-15(6-2)12(16)8-9-14-10-11(4)13(17)18-7-3/h14H,4-10H2,1-3H3. The van der Waals surface area contributed by atoms with E-state index in [0.29, 0.717) is 31.7 Å². The lowest BCUT2D eigenvalue weighted by Crippen LogP contribution is -2.33.